The number of hydrogen-bond acceptors (Lipinski definition) is 4. The second-order valence-electron chi connectivity index (χ2n) is 4.84. The second kappa shape index (κ2) is 3.07. The molecule has 0 bridgehead atoms. The second-order valence-corrected chi connectivity index (χ2v) is 4.84. The first kappa shape index (κ1) is 10.7. The number of esters is 2. The third-order valence-electron chi connectivity index (χ3n) is 2.54. The zero-order valence-corrected chi connectivity index (χ0v) is 9.33. The molecule has 4 heteroatoms. The van der Waals surface area contributed by atoms with Crippen molar-refractivity contribution in [2.24, 2.45) is 0 Å². The number of hydrogen-bond donors (Lipinski definition) is 1. The summed E-state index contributed by atoms with van der Waals surface area (Å²) in [4.78, 5) is 22.9. The SMILES string of the molecule is CC(C)(C)c1cc(O)cc2c1C(=O)OC2=O. The number of carbonyl (C=O) groups excluding carboxylic acids is 2. The van der Waals surface area contributed by atoms with Crippen LogP contribution in [0.15, 0.2) is 12.1 Å². The number of phenolic OH excluding ortho intramolecular Hbond substituents is 1. The predicted molar refractivity (Wildman–Crippen MR) is 56.6 cm³/mol. The van der Waals surface area contributed by atoms with Gasteiger partial charge in [-0.05, 0) is 23.1 Å². The average Bonchev–Trinajstić information content (AvgIpc) is 2.40. The van der Waals surface area contributed by atoms with Gasteiger partial charge in [-0.15, -0.1) is 0 Å². The summed E-state index contributed by atoms with van der Waals surface area (Å²) in [5.41, 5.74) is 0.704. The molecular weight excluding hydrogens is 208 g/mol. The lowest BCUT2D eigenvalue weighted by molar-refractivity contribution is 0.0442. The molecule has 1 N–H and O–H groups in total. The van der Waals surface area contributed by atoms with Crippen LogP contribution in [0.5, 0.6) is 5.75 Å². The van der Waals surface area contributed by atoms with Gasteiger partial charge < -0.3 is 9.84 Å². The van der Waals surface area contributed by atoms with Crippen LogP contribution in [-0.4, -0.2) is 17.0 Å². The number of phenols is 1. The number of ether oxygens (including phenoxy) is 1. The standard InChI is InChI=1S/C12H12O4/c1-12(2,3)8-5-6(13)4-7-9(8)11(15)16-10(7)14/h4-5,13H,1-3H3. The fourth-order valence-electron chi connectivity index (χ4n) is 1.79. The van der Waals surface area contributed by atoms with Crippen molar-refractivity contribution in [3.05, 3.63) is 28.8 Å². The molecule has 0 atom stereocenters. The molecule has 0 spiro atoms. The van der Waals surface area contributed by atoms with Crippen molar-refractivity contribution in [2.75, 3.05) is 0 Å². The Morgan fingerprint density at radius 2 is 1.75 bits per heavy atom. The number of benzene rings is 1. The van der Waals surface area contributed by atoms with E-state index in [9.17, 15) is 14.7 Å². The van der Waals surface area contributed by atoms with Gasteiger partial charge in [-0.3, -0.25) is 0 Å². The van der Waals surface area contributed by atoms with Crippen LogP contribution in [0.25, 0.3) is 0 Å². The quantitative estimate of drug-likeness (QED) is 0.536. The fourth-order valence-corrected chi connectivity index (χ4v) is 1.79. The van der Waals surface area contributed by atoms with E-state index < -0.39 is 11.9 Å². The van der Waals surface area contributed by atoms with Crippen molar-refractivity contribution in [3.63, 3.8) is 0 Å². The summed E-state index contributed by atoms with van der Waals surface area (Å²) in [6.45, 7) is 5.70. The van der Waals surface area contributed by atoms with Crippen LogP contribution >= 0.6 is 0 Å². The molecular formula is C12H12O4. The van der Waals surface area contributed by atoms with Crippen molar-refractivity contribution < 1.29 is 19.4 Å². The molecule has 1 heterocycles. The molecule has 0 aromatic heterocycles. The molecule has 0 saturated carbocycles. The van der Waals surface area contributed by atoms with E-state index in [-0.39, 0.29) is 22.3 Å². The highest BCUT2D eigenvalue weighted by Gasteiger charge is 2.36. The molecule has 1 aliphatic rings. The van der Waals surface area contributed by atoms with Gasteiger partial charge in [-0.2, -0.15) is 0 Å². The van der Waals surface area contributed by atoms with Gasteiger partial charge in [-0.25, -0.2) is 9.59 Å². The van der Waals surface area contributed by atoms with E-state index in [0.717, 1.165) is 0 Å². The molecule has 4 nitrogen and oxygen atoms in total. The topological polar surface area (TPSA) is 63.6 Å². The van der Waals surface area contributed by atoms with E-state index in [2.05, 4.69) is 4.74 Å². The molecule has 2 rings (SSSR count). The summed E-state index contributed by atoms with van der Waals surface area (Å²) in [6, 6.07) is 2.76. The third-order valence-corrected chi connectivity index (χ3v) is 2.54. The molecule has 1 aromatic carbocycles. The minimum atomic E-state index is -0.693. The van der Waals surface area contributed by atoms with Gasteiger partial charge in [0.15, 0.2) is 0 Å². The highest BCUT2D eigenvalue weighted by molar-refractivity contribution is 6.15. The van der Waals surface area contributed by atoms with Crippen molar-refractivity contribution in [1.82, 2.24) is 0 Å². The van der Waals surface area contributed by atoms with Gasteiger partial charge in [0, 0.05) is 0 Å². The first-order valence-corrected chi connectivity index (χ1v) is 4.94. The predicted octanol–water partition coefficient (Wildman–Crippen LogP) is 2.00. The van der Waals surface area contributed by atoms with E-state index in [1.165, 1.54) is 12.1 Å². The molecule has 0 unspecified atom stereocenters. The Labute approximate surface area is 92.8 Å². The van der Waals surface area contributed by atoms with Crippen LogP contribution in [0.1, 0.15) is 47.1 Å². The van der Waals surface area contributed by atoms with E-state index in [4.69, 9.17) is 0 Å². The molecule has 1 aliphatic heterocycles. The first-order chi connectivity index (χ1) is 7.30. The molecule has 0 saturated heterocycles. The average molecular weight is 220 g/mol. The Balaban J connectivity index is 2.78. The molecule has 16 heavy (non-hydrogen) atoms. The molecule has 0 amide bonds. The van der Waals surface area contributed by atoms with Crippen LogP contribution in [-0.2, 0) is 10.2 Å². The Bertz CT molecular complexity index is 494. The fraction of sp³-hybridized carbons (Fsp3) is 0.333. The summed E-state index contributed by atoms with van der Waals surface area (Å²) < 4.78 is 4.53. The number of cyclic esters (lactones) is 2. The van der Waals surface area contributed by atoms with Gasteiger partial charge in [0.1, 0.15) is 5.75 Å². The van der Waals surface area contributed by atoms with Gasteiger partial charge in [-0.1, -0.05) is 20.8 Å². The van der Waals surface area contributed by atoms with Gasteiger partial charge >= 0.3 is 11.9 Å². The van der Waals surface area contributed by atoms with E-state index in [1.807, 2.05) is 20.8 Å². The summed E-state index contributed by atoms with van der Waals surface area (Å²) in [5, 5.41) is 9.53. The maximum absolute atomic E-state index is 11.5. The summed E-state index contributed by atoms with van der Waals surface area (Å²) in [5.74, 6) is -1.36. The Hall–Kier alpha value is -1.84. The summed E-state index contributed by atoms with van der Waals surface area (Å²) in [6.07, 6.45) is 0. The number of fused-ring (bicyclic) bond motifs is 1. The van der Waals surface area contributed by atoms with Crippen molar-refractivity contribution in [1.29, 1.82) is 0 Å². The minimum Gasteiger partial charge on any atom is -0.508 e. The maximum Gasteiger partial charge on any atom is 0.347 e. The number of carbonyl (C=O) groups is 2. The highest BCUT2D eigenvalue weighted by Crippen LogP contribution is 2.35. The zero-order valence-electron chi connectivity index (χ0n) is 9.33. The normalized spacial score (nSPS) is 14.9. The van der Waals surface area contributed by atoms with Crippen LogP contribution in [0.2, 0.25) is 0 Å². The smallest absolute Gasteiger partial charge is 0.347 e. The van der Waals surface area contributed by atoms with Crippen molar-refractivity contribution in [2.45, 2.75) is 26.2 Å². The van der Waals surface area contributed by atoms with Crippen LogP contribution in [0.3, 0.4) is 0 Å². The summed E-state index contributed by atoms with van der Waals surface area (Å²) >= 11 is 0. The largest absolute Gasteiger partial charge is 0.508 e. The lowest BCUT2D eigenvalue weighted by Gasteiger charge is -2.21. The molecule has 1 aromatic rings. The molecule has 0 fully saturated rings. The van der Waals surface area contributed by atoms with E-state index in [0.29, 0.717) is 5.56 Å². The number of aromatic hydroxyl groups is 1. The lowest BCUT2D eigenvalue weighted by Crippen LogP contribution is -2.16. The molecule has 84 valence electrons. The first-order valence-electron chi connectivity index (χ1n) is 4.94. The van der Waals surface area contributed by atoms with Crippen molar-refractivity contribution >= 4 is 11.9 Å². The van der Waals surface area contributed by atoms with Crippen LogP contribution in [0.4, 0.5) is 0 Å². The van der Waals surface area contributed by atoms with Gasteiger partial charge in [0.25, 0.3) is 0 Å². The third kappa shape index (κ3) is 1.46. The van der Waals surface area contributed by atoms with E-state index in [1.54, 1.807) is 0 Å². The Morgan fingerprint density at radius 1 is 1.12 bits per heavy atom. The van der Waals surface area contributed by atoms with Gasteiger partial charge in [0.2, 0.25) is 0 Å². The number of rotatable bonds is 0. The van der Waals surface area contributed by atoms with Crippen LogP contribution in [0, 0.1) is 0 Å². The zero-order chi connectivity index (χ0) is 12.1. The van der Waals surface area contributed by atoms with Crippen LogP contribution < -0.4 is 0 Å². The van der Waals surface area contributed by atoms with E-state index >= 15 is 0 Å². The van der Waals surface area contributed by atoms with Gasteiger partial charge in [0.05, 0.1) is 11.1 Å². The Morgan fingerprint density at radius 3 is 2.31 bits per heavy atom. The summed E-state index contributed by atoms with van der Waals surface area (Å²) in [7, 11) is 0. The minimum absolute atomic E-state index is 0.0321. The monoisotopic (exact) mass is 220 g/mol. The maximum atomic E-state index is 11.5. The highest BCUT2D eigenvalue weighted by atomic mass is 16.6. The molecule has 0 radical (unpaired) electrons. The van der Waals surface area contributed by atoms with Crippen molar-refractivity contribution in [3.8, 4) is 5.75 Å². The molecule has 0 aliphatic carbocycles. The Kier molecular flexibility index (Phi) is 2.05. The lowest BCUT2D eigenvalue weighted by atomic mass is 9.82.